The third-order valence-corrected chi connectivity index (χ3v) is 2.64. The van der Waals surface area contributed by atoms with Crippen LogP contribution in [0.15, 0.2) is 48.6 Å². The van der Waals surface area contributed by atoms with Crippen LogP contribution in [-0.2, 0) is 0 Å². The molecule has 0 fully saturated rings. The van der Waals surface area contributed by atoms with Crippen LogP contribution in [0.3, 0.4) is 0 Å². The predicted octanol–water partition coefficient (Wildman–Crippen LogP) is 1.77. The molecule has 1 aromatic carbocycles. The maximum absolute atomic E-state index is 11.9. The molecule has 1 aromatic rings. The fourth-order valence-electron chi connectivity index (χ4n) is 1.82. The van der Waals surface area contributed by atoms with E-state index >= 15 is 0 Å². The molecule has 0 spiro atoms. The number of rotatable bonds is 4. The maximum atomic E-state index is 11.9. The summed E-state index contributed by atoms with van der Waals surface area (Å²) >= 11 is 0. The quantitative estimate of drug-likeness (QED) is 0.369. The van der Waals surface area contributed by atoms with Crippen molar-refractivity contribution in [3.63, 3.8) is 0 Å². The van der Waals surface area contributed by atoms with E-state index in [0.717, 1.165) is 0 Å². The largest absolute Gasteiger partial charge is 0.310 e. The third-order valence-electron chi connectivity index (χ3n) is 2.64. The monoisotopic (exact) mass is 227 g/mol. The van der Waals surface area contributed by atoms with Crippen molar-refractivity contribution in [3.8, 4) is 0 Å². The molecule has 0 radical (unpaired) electrons. The number of carbonyl (C=O) groups is 2. The molecule has 1 aliphatic carbocycles. The molecule has 86 valence electrons. The van der Waals surface area contributed by atoms with Gasteiger partial charge in [0.2, 0.25) is 0 Å². The summed E-state index contributed by atoms with van der Waals surface area (Å²) in [4.78, 5) is 23.9. The van der Waals surface area contributed by atoms with Gasteiger partial charge in [-0.25, -0.2) is 0 Å². The molecule has 2 rings (SSSR count). The zero-order valence-electron chi connectivity index (χ0n) is 9.40. The number of hydrogen-bond donors (Lipinski definition) is 1. The highest BCUT2D eigenvalue weighted by atomic mass is 16.2. The second kappa shape index (κ2) is 4.89. The Kier molecular flexibility index (Phi) is 3.30. The van der Waals surface area contributed by atoms with Crippen LogP contribution in [0, 0.1) is 0 Å². The van der Waals surface area contributed by atoms with Crippen molar-refractivity contribution < 1.29 is 9.59 Å². The van der Waals surface area contributed by atoms with Crippen molar-refractivity contribution in [2.75, 3.05) is 13.1 Å². The summed E-state index contributed by atoms with van der Waals surface area (Å²) in [7, 11) is 0. The summed E-state index contributed by atoms with van der Waals surface area (Å²) < 4.78 is 0. The Hall–Kier alpha value is -2.00. The van der Waals surface area contributed by atoms with Crippen molar-refractivity contribution in [2.24, 2.45) is 0 Å². The molecular formula is C14H13NO2. The van der Waals surface area contributed by atoms with E-state index in [-0.39, 0.29) is 17.1 Å². The number of Topliss-reactive ketones (excluding diaryl/α,β-unsaturated/α-hetero) is 2. The van der Waals surface area contributed by atoms with Gasteiger partial charge in [0.1, 0.15) is 0 Å². The van der Waals surface area contributed by atoms with Crippen LogP contribution < -0.4 is 5.32 Å². The average molecular weight is 227 g/mol. The van der Waals surface area contributed by atoms with Crippen LogP contribution >= 0.6 is 0 Å². The smallest absolute Gasteiger partial charge is 0.197 e. The van der Waals surface area contributed by atoms with Gasteiger partial charge in [-0.15, -0.1) is 6.58 Å². The normalized spacial score (nSPS) is 13.8. The van der Waals surface area contributed by atoms with E-state index < -0.39 is 0 Å². The molecule has 0 atom stereocenters. The molecular weight excluding hydrogens is 214 g/mol. The van der Waals surface area contributed by atoms with Gasteiger partial charge >= 0.3 is 0 Å². The van der Waals surface area contributed by atoms with Crippen molar-refractivity contribution in [1.82, 2.24) is 5.32 Å². The fourth-order valence-corrected chi connectivity index (χ4v) is 1.82. The molecule has 3 heteroatoms. The summed E-state index contributed by atoms with van der Waals surface area (Å²) in [5.41, 5.74) is 1.28. The first-order valence-corrected chi connectivity index (χ1v) is 5.46. The number of fused-ring (bicyclic) bond motifs is 1. The molecule has 0 unspecified atom stereocenters. The van der Waals surface area contributed by atoms with Crippen LogP contribution in [0.1, 0.15) is 20.7 Å². The minimum Gasteiger partial charge on any atom is -0.310 e. The van der Waals surface area contributed by atoms with Crippen molar-refractivity contribution in [2.45, 2.75) is 0 Å². The molecule has 1 aliphatic rings. The molecule has 17 heavy (non-hydrogen) atoms. The van der Waals surface area contributed by atoms with Gasteiger partial charge in [-0.05, 0) is 0 Å². The molecule has 0 aromatic heterocycles. The number of carbonyl (C=O) groups excluding carboxylic acids is 2. The lowest BCUT2D eigenvalue weighted by Crippen LogP contribution is -2.14. The van der Waals surface area contributed by atoms with Crippen molar-refractivity contribution in [3.05, 3.63) is 59.7 Å². The van der Waals surface area contributed by atoms with E-state index in [4.69, 9.17) is 0 Å². The summed E-state index contributed by atoms with van der Waals surface area (Å²) in [5.74, 6) is -0.350. The molecule has 0 saturated heterocycles. The number of ketones is 2. The first-order valence-electron chi connectivity index (χ1n) is 5.46. The van der Waals surface area contributed by atoms with Gasteiger partial charge in [-0.3, -0.25) is 9.59 Å². The Bertz CT molecular complexity index is 478. The topological polar surface area (TPSA) is 46.2 Å². The standard InChI is InChI=1S/C14H13NO2/c1-2-8-15-9-7-12-13(16)10-5-3-4-6-11(10)14(12)17/h2-7,15H,1,8-9H2. The molecule has 1 N–H and O–H groups in total. The van der Waals surface area contributed by atoms with Gasteiger partial charge in [0.15, 0.2) is 11.6 Å². The van der Waals surface area contributed by atoms with Crippen molar-refractivity contribution >= 4 is 11.6 Å². The molecule has 0 amide bonds. The third kappa shape index (κ3) is 2.10. The number of benzene rings is 1. The van der Waals surface area contributed by atoms with Gasteiger partial charge in [0, 0.05) is 24.2 Å². The lowest BCUT2D eigenvalue weighted by molar-refractivity contribution is 0.0988. The zero-order chi connectivity index (χ0) is 12.3. The molecule has 0 bridgehead atoms. The van der Waals surface area contributed by atoms with E-state index in [2.05, 4.69) is 11.9 Å². The average Bonchev–Trinajstić information content (AvgIpc) is 2.60. The van der Waals surface area contributed by atoms with Crippen LogP contribution in [-0.4, -0.2) is 24.7 Å². The van der Waals surface area contributed by atoms with Gasteiger partial charge in [-0.1, -0.05) is 36.4 Å². The number of allylic oxidation sites excluding steroid dienone is 1. The van der Waals surface area contributed by atoms with E-state index in [0.29, 0.717) is 24.2 Å². The van der Waals surface area contributed by atoms with E-state index in [9.17, 15) is 9.59 Å². The predicted molar refractivity (Wildman–Crippen MR) is 66.3 cm³/mol. The molecule has 0 saturated carbocycles. The lowest BCUT2D eigenvalue weighted by Gasteiger charge is -1.96. The highest BCUT2D eigenvalue weighted by molar-refractivity contribution is 6.39. The van der Waals surface area contributed by atoms with Crippen molar-refractivity contribution in [1.29, 1.82) is 0 Å². The number of nitrogens with one attached hydrogen (secondary N) is 1. The Morgan fingerprint density at radius 3 is 2.18 bits per heavy atom. The first-order chi connectivity index (χ1) is 8.25. The van der Waals surface area contributed by atoms with E-state index in [1.54, 1.807) is 36.4 Å². The summed E-state index contributed by atoms with van der Waals surface area (Å²) in [6.07, 6.45) is 3.37. The second-order valence-corrected chi connectivity index (χ2v) is 3.77. The van der Waals surface area contributed by atoms with Gasteiger partial charge in [-0.2, -0.15) is 0 Å². The van der Waals surface area contributed by atoms with E-state index in [1.165, 1.54) is 0 Å². The van der Waals surface area contributed by atoms with Gasteiger partial charge in [0.05, 0.1) is 5.57 Å². The Labute approximate surface area is 99.8 Å². The van der Waals surface area contributed by atoms with E-state index in [1.807, 2.05) is 0 Å². The minimum absolute atomic E-state index is 0.175. The van der Waals surface area contributed by atoms with Crippen LogP contribution in [0.25, 0.3) is 0 Å². The van der Waals surface area contributed by atoms with Gasteiger partial charge < -0.3 is 5.32 Å². The van der Waals surface area contributed by atoms with Crippen LogP contribution in [0.2, 0.25) is 0 Å². The molecule has 3 nitrogen and oxygen atoms in total. The second-order valence-electron chi connectivity index (χ2n) is 3.77. The molecule has 0 heterocycles. The summed E-state index contributed by atoms with van der Waals surface area (Å²) in [5, 5.41) is 3.03. The Balaban J connectivity index is 2.21. The van der Waals surface area contributed by atoms with Gasteiger partial charge in [0.25, 0.3) is 0 Å². The Morgan fingerprint density at radius 1 is 1.06 bits per heavy atom. The fraction of sp³-hybridized carbons (Fsp3) is 0.143. The van der Waals surface area contributed by atoms with Crippen LogP contribution in [0.5, 0.6) is 0 Å². The van der Waals surface area contributed by atoms with Crippen LogP contribution in [0.4, 0.5) is 0 Å². The highest BCUT2D eigenvalue weighted by Gasteiger charge is 2.31. The highest BCUT2D eigenvalue weighted by Crippen LogP contribution is 2.25. The maximum Gasteiger partial charge on any atom is 0.197 e. The lowest BCUT2D eigenvalue weighted by atomic mass is 10.1. The first kappa shape index (κ1) is 11.5. The number of hydrogen-bond acceptors (Lipinski definition) is 3. The zero-order valence-corrected chi connectivity index (χ0v) is 9.40. The molecule has 0 aliphatic heterocycles. The summed E-state index contributed by atoms with van der Waals surface area (Å²) in [6.45, 7) is 4.72. The minimum atomic E-state index is -0.175. The summed E-state index contributed by atoms with van der Waals surface area (Å²) in [6, 6.07) is 6.91. The SMILES string of the molecule is C=CCNCC=C1C(=O)c2ccccc2C1=O. The Morgan fingerprint density at radius 2 is 1.65 bits per heavy atom.